The molecule has 3 aromatic rings. The molecule has 0 N–H and O–H groups in total. The lowest BCUT2D eigenvalue weighted by Gasteiger charge is -2.05. The second-order valence-electron chi connectivity index (χ2n) is 3.90. The molecule has 0 fully saturated rings. The van der Waals surface area contributed by atoms with Crippen molar-refractivity contribution < 1.29 is 0 Å². The second-order valence-corrected chi connectivity index (χ2v) is 5.00. The molecule has 0 saturated heterocycles. The van der Waals surface area contributed by atoms with Crippen molar-refractivity contribution in [3.05, 3.63) is 52.1 Å². The average molecular weight is 335 g/mol. The maximum absolute atomic E-state index is 4.46. The Kier molecular flexibility index (Phi) is 2.58. The van der Waals surface area contributed by atoms with Gasteiger partial charge in [0.05, 0.1) is 18.1 Å². The van der Waals surface area contributed by atoms with Crippen molar-refractivity contribution in [2.24, 2.45) is 0 Å². The predicted molar refractivity (Wildman–Crippen MR) is 75.9 cm³/mol. The monoisotopic (exact) mass is 335 g/mol. The maximum Gasteiger partial charge on any atom is 0.156 e. The van der Waals surface area contributed by atoms with Gasteiger partial charge in [-0.2, -0.15) is 0 Å². The number of fused-ring (bicyclic) bond motifs is 1. The number of aryl methyl sites for hydroxylation is 1. The zero-order chi connectivity index (χ0) is 11.8. The molecule has 0 aliphatic rings. The molecule has 2 aromatic heterocycles. The molecule has 0 bridgehead atoms. The van der Waals surface area contributed by atoms with Crippen molar-refractivity contribution >= 4 is 28.2 Å². The number of hydrogen-bond acceptors (Lipinski definition) is 2. The zero-order valence-corrected chi connectivity index (χ0v) is 11.4. The lowest BCUT2D eigenvalue weighted by molar-refractivity contribution is 1.10. The van der Waals surface area contributed by atoms with Crippen LogP contribution in [0.1, 0.15) is 5.56 Å². The van der Waals surface area contributed by atoms with Crippen LogP contribution in [0.3, 0.4) is 0 Å². The van der Waals surface area contributed by atoms with Gasteiger partial charge in [-0.25, -0.2) is 4.98 Å². The number of halogens is 1. The van der Waals surface area contributed by atoms with E-state index in [2.05, 4.69) is 56.0 Å². The highest BCUT2D eigenvalue weighted by atomic mass is 127. The van der Waals surface area contributed by atoms with E-state index >= 15 is 0 Å². The first kappa shape index (κ1) is 10.7. The molecule has 0 spiro atoms. The summed E-state index contributed by atoms with van der Waals surface area (Å²) < 4.78 is 3.14. The van der Waals surface area contributed by atoms with Gasteiger partial charge < -0.3 is 0 Å². The van der Waals surface area contributed by atoms with Crippen LogP contribution in [-0.4, -0.2) is 14.4 Å². The Hall–Kier alpha value is -1.43. The van der Waals surface area contributed by atoms with Crippen LogP contribution in [0.5, 0.6) is 0 Å². The molecule has 84 valence electrons. The highest BCUT2D eigenvalue weighted by Crippen LogP contribution is 2.21. The van der Waals surface area contributed by atoms with Crippen molar-refractivity contribution in [3.8, 4) is 11.3 Å². The Morgan fingerprint density at radius 3 is 2.76 bits per heavy atom. The summed E-state index contributed by atoms with van der Waals surface area (Å²) in [4.78, 5) is 8.73. The quantitative estimate of drug-likeness (QED) is 0.639. The van der Waals surface area contributed by atoms with E-state index in [4.69, 9.17) is 0 Å². The summed E-state index contributed by atoms with van der Waals surface area (Å²) in [6, 6.07) is 8.26. The minimum absolute atomic E-state index is 0.881. The van der Waals surface area contributed by atoms with Gasteiger partial charge in [-0.05, 0) is 35.1 Å². The van der Waals surface area contributed by atoms with Gasteiger partial charge >= 0.3 is 0 Å². The maximum atomic E-state index is 4.46. The van der Waals surface area contributed by atoms with Gasteiger partial charge in [0.25, 0.3) is 0 Å². The van der Waals surface area contributed by atoms with Gasteiger partial charge in [0.15, 0.2) is 5.65 Å². The molecule has 0 aliphatic heterocycles. The number of aromatic nitrogens is 3. The van der Waals surface area contributed by atoms with Crippen LogP contribution in [0.15, 0.2) is 42.9 Å². The SMILES string of the molecule is Cc1ccccc1-c1cn2c(I)cnc2cn1. The van der Waals surface area contributed by atoms with E-state index in [-0.39, 0.29) is 0 Å². The number of rotatable bonds is 1. The van der Waals surface area contributed by atoms with Crippen LogP contribution in [0.4, 0.5) is 0 Å². The zero-order valence-electron chi connectivity index (χ0n) is 9.26. The fraction of sp³-hybridized carbons (Fsp3) is 0.0769. The highest BCUT2D eigenvalue weighted by molar-refractivity contribution is 14.1. The van der Waals surface area contributed by atoms with E-state index in [1.54, 1.807) is 0 Å². The Morgan fingerprint density at radius 1 is 1.12 bits per heavy atom. The fourth-order valence-corrected chi connectivity index (χ4v) is 2.38. The summed E-state index contributed by atoms with van der Waals surface area (Å²) in [7, 11) is 0. The van der Waals surface area contributed by atoms with Crippen molar-refractivity contribution in [2.45, 2.75) is 6.92 Å². The second kappa shape index (κ2) is 4.10. The molecule has 4 heteroatoms. The number of benzene rings is 1. The summed E-state index contributed by atoms with van der Waals surface area (Å²) in [6.07, 6.45) is 5.69. The van der Waals surface area contributed by atoms with E-state index in [0.29, 0.717) is 0 Å². The molecule has 0 amide bonds. The van der Waals surface area contributed by atoms with Crippen LogP contribution >= 0.6 is 22.6 Å². The molecule has 0 saturated carbocycles. The molecule has 1 aromatic carbocycles. The summed E-state index contributed by atoms with van der Waals surface area (Å²) in [5, 5.41) is 0. The van der Waals surface area contributed by atoms with E-state index in [0.717, 1.165) is 15.0 Å². The van der Waals surface area contributed by atoms with Gasteiger partial charge in [-0.3, -0.25) is 9.38 Å². The average Bonchev–Trinajstić information content (AvgIpc) is 2.71. The van der Waals surface area contributed by atoms with E-state index in [9.17, 15) is 0 Å². The third kappa shape index (κ3) is 1.82. The molecular formula is C13H10IN3. The van der Waals surface area contributed by atoms with Crippen molar-refractivity contribution in [1.29, 1.82) is 0 Å². The van der Waals surface area contributed by atoms with Crippen LogP contribution in [0.25, 0.3) is 16.9 Å². The minimum atomic E-state index is 0.881. The third-order valence-corrected chi connectivity index (χ3v) is 3.57. The lowest BCUT2D eigenvalue weighted by Crippen LogP contribution is -1.93. The summed E-state index contributed by atoms with van der Waals surface area (Å²) in [5.41, 5.74) is 4.26. The first-order valence-electron chi connectivity index (χ1n) is 5.30. The molecule has 17 heavy (non-hydrogen) atoms. The van der Waals surface area contributed by atoms with E-state index < -0.39 is 0 Å². The lowest BCUT2D eigenvalue weighted by atomic mass is 10.1. The highest BCUT2D eigenvalue weighted by Gasteiger charge is 2.06. The third-order valence-electron chi connectivity index (χ3n) is 2.77. The van der Waals surface area contributed by atoms with Gasteiger partial charge in [-0.15, -0.1) is 0 Å². The standard InChI is InChI=1S/C13H10IN3/c1-9-4-2-3-5-10(9)11-8-17-12(14)6-16-13(17)7-15-11/h2-8H,1H3. The smallest absolute Gasteiger partial charge is 0.156 e. The molecule has 2 heterocycles. The van der Waals surface area contributed by atoms with Crippen molar-refractivity contribution in [2.75, 3.05) is 0 Å². The normalized spacial score (nSPS) is 10.9. The molecule has 0 unspecified atom stereocenters. The Balaban J connectivity index is 2.24. The largest absolute Gasteiger partial charge is 0.291 e. The number of nitrogens with zero attached hydrogens (tertiary/aromatic N) is 3. The molecule has 3 rings (SSSR count). The van der Waals surface area contributed by atoms with Gasteiger partial charge in [0.1, 0.15) is 3.70 Å². The summed E-state index contributed by atoms with van der Waals surface area (Å²) in [6.45, 7) is 2.10. The Morgan fingerprint density at radius 2 is 1.94 bits per heavy atom. The van der Waals surface area contributed by atoms with E-state index in [1.165, 1.54) is 11.1 Å². The van der Waals surface area contributed by atoms with E-state index in [1.807, 2.05) is 30.7 Å². The molecule has 0 aliphatic carbocycles. The molecule has 0 atom stereocenters. The van der Waals surface area contributed by atoms with Crippen molar-refractivity contribution in [3.63, 3.8) is 0 Å². The summed E-state index contributed by atoms with van der Waals surface area (Å²) in [5.74, 6) is 0. The van der Waals surface area contributed by atoms with Crippen LogP contribution in [-0.2, 0) is 0 Å². The minimum Gasteiger partial charge on any atom is -0.291 e. The predicted octanol–water partition coefficient (Wildman–Crippen LogP) is 3.31. The molecular weight excluding hydrogens is 325 g/mol. The van der Waals surface area contributed by atoms with Crippen molar-refractivity contribution in [1.82, 2.24) is 14.4 Å². The van der Waals surface area contributed by atoms with Crippen LogP contribution in [0, 0.1) is 10.6 Å². The van der Waals surface area contributed by atoms with Crippen LogP contribution in [0.2, 0.25) is 0 Å². The fourth-order valence-electron chi connectivity index (χ4n) is 1.86. The molecule has 3 nitrogen and oxygen atoms in total. The van der Waals surface area contributed by atoms with Gasteiger partial charge in [0, 0.05) is 11.8 Å². The number of hydrogen-bond donors (Lipinski definition) is 0. The Labute approximate surface area is 113 Å². The van der Waals surface area contributed by atoms with Gasteiger partial charge in [0.2, 0.25) is 0 Å². The number of imidazole rings is 1. The molecule has 0 radical (unpaired) electrons. The Bertz CT molecular complexity index is 688. The van der Waals surface area contributed by atoms with Crippen LogP contribution < -0.4 is 0 Å². The summed E-state index contributed by atoms with van der Waals surface area (Å²) >= 11 is 2.27. The first-order chi connectivity index (χ1) is 8.25. The van der Waals surface area contributed by atoms with Gasteiger partial charge in [-0.1, -0.05) is 24.3 Å². The first-order valence-corrected chi connectivity index (χ1v) is 6.38. The topological polar surface area (TPSA) is 30.2 Å².